The molecular formula is C13H15N3O3. The smallest absolute Gasteiger partial charge is 0.311 e. The number of aliphatic hydroxyl groups is 1. The molecule has 6 heteroatoms. The number of rotatable bonds is 4. The number of hydrogen-bond donors (Lipinski definition) is 2. The van der Waals surface area contributed by atoms with E-state index in [9.17, 15) is 15.2 Å². The zero-order valence-corrected chi connectivity index (χ0v) is 10.7. The minimum atomic E-state index is -0.619. The summed E-state index contributed by atoms with van der Waals surface area (Å²) in [5.41, 5.74) is 0.976. The third-order valence-electron chi connectivity index (χ3n) is 3.05. The van der Waals surface area contributed by atoms with Crippen LogP contribution >= 0.6 is 0 Å². The Morgan fingerprint density at radius 1 is 1.37 bits per heavy atom. The van der Waals surface area contributed by atoms with Gasteiger partial charge in [0.05, 0.1) is 16.5 Å². The van der Waals surface area contributed by atoms with Crippen molar-refractivity contribution in [2.75, 3.05) is 5.32 Å². The van der Waals surface area contributed by atoms with Gasteiger partial charge in [0.25, 0.3) is 0 Å². The molecule has 1 aromatic carbocycles. The van der Waals surface area contributed by atoms with Gasteiger partial charge in [-0.3, -0.25) is 10.1 Å². The molecule has 0 radical (unpaired) electrons. The van der Waals surface area contributed by atoms with Crippen molar-refractivity contribution in [1.82, 2.24) is 4.98 Å². The molecule has 1 heterocycles. The predicted molar refractivity (Wildman–Crippen MR) is 73.2 cm³/mol. The largest absolute Gasteiger partial charge is 0.391 e. The molecule has 0 aliphatic heterocycles. The zero-order chi connectivity index (χ0) is 14.0. The average molecular weight is 261 g/mol. The highest BCUT2D eigenvalue weighted by Crippen LogP contribution is 2.32. The molecular weight excluding hydrogens is 246 g/mol. The van der Waals surface area contributed by atoms with E-state index in [-0.39, 0.29) is 11.7 Å². The van der Waals surface area contributed by atoms with Crippen LogP contribution in [0.4, 0.5) is 11.4 Å². The zero-order valence-electron chi connectivity index (χ0n) is 10.7. The fourth-order valence-electron chi connectivity index (χ4n) is 1.77. The van der Waals surface area contributed by atoms with E-state index in [1.807, 2.05) is 6.07 Å². The second kappa shape index (κ2) is 5.19. The molecule has 100 valence electrons. The number of nitro groups is 1. The van der Waals surface area contributed by atoms with Gasteiger partial charge >= 0.3 is 5.69 Å². The van der Waals surface area contributed by atoms with Crippen molar-refractivity contribution in [1.29, 1.82) is 0 Å². The maximum Gasteiger partial charge on any atom is 0.311 e. The lowest BCUT2D eigenvalue weighted by Gasteiger charge is -2.18. The average Bonchev–Trinajstić information content (AvgIpc) is 2.38. The summed E-state index contributed by atoms with van der Waals surface area (Å²) in [6.07, 6.45) is 0.617. The molecule has 0 fully saturated rings. The third kappa shape index (κ3) is 2.63. The molecule has 2 aromatic rings. The van der Waals surface area contributed by atoms with Crippen LogP contribution in [0, 0.1) is 10.1 Å². The van der Waals surface area contributed by atoms with Crippen LogP contribution < -0.4 is 5.32 Å². The predicted octanol–water partition coefficient (Wildman–Crippen LogP) is 2.32. The first-order valence-electron chi connectivity index (χ1n) is 5.97. The molecule has 2 N–H and O–H groups in total. The minimum Gasteiger partial charge on any atom is -0.391 e. The minimum absolute atomic E-state index is 0.0915. The Kier molecular flexibility index (Phi) is 3.62. The second-order valence-corrected chi connectivity index (χ2v) is 4.47. The van der Waals surface area contributed by atoms with Crippen LogP contribution in [0.3, 0.4) is 0 Å². The Morgan fingerprint density at radius 3 is 2.68 bits per heavy atom. The van der Waals surface area contributed by atoms with Crippen molar-refractivity contribution in [3.8, 4) is 0 Å². The van der Waals surface area contributed by atoms with Crippen LogP contribution in [-0.2, 0) is 0 Å². The fraction of sp³-hybridized carbons (Fsp3) is 0.308. The van der Waals surface area contributed by atoms with Gasteiger partial charge in [-0.2, -0.15) is 0 Å². The topological polar surface area (TPSA) is 88.3 Å². The van der Waals surface area contributed by atoms with Crippen LogP contribution in [0.1, 0.15) is 13.8 Å². The number of anilines is 1. The normalized spacial score (nSPS) is 14.1. The van der Waals surface area contributed by atoms with E-state index in [4.69, 9.17) is 0 Å². The first kappa shape index (κ1) is 13.2. The van der Waals surface area contributed by atoms with Gasteiger partial charge in [-0.15, -0.1) is 0 Å². The summed E-state index contributed by atoms with van der Waals surface area (Å²) in [5, 5.41) is 24.3. The quantitative estimate of drug-likeness (QED) is 0.651. The summed E-state index contributed by atoms with van der Waals surface area (Å²) in [6.45, 7) is 3.40. The van der Waals surface area contributed by atoms with Crippen LogP contribution in [0.5, 0.6) is 0 Å². The molecule has 0 spiro atoms. The number of hydrogen-bond acceptors (Lipinski definition) is 5. The van der Waals surface area contributed by atoms with Crippen molar-refractivity contribution in [2.24, 2.45) is 0 Å². The van der Waals surface area contributed by atoms with Crippen molar-refractivity contribution in [3.05, 3.63) is 40.6 Å². The van der Waals surface area contributed by atoms with E-state index in [0.29, 0.717) is 16.6 Å². The lowest BCUT2D eigenvalue weighted by Crippen LogP contribution is -2.28. The third-order valence-corrected chi connectivity index (χ3v) is 3.05. The summed E-state index contributed by atoms with van der Waals surface area (Å²) in [5.74, 6) is 0. The Balaban J connectivity index is 2.59. The fourth-order valence-corrected chi connectivity index (χ4v) is 1.77. The van der Waals surface area contributed by atoms with Gasteiger partial charge in [-0.1, -0.05) is 18.2 Å². The number of aromatic nitrogens is 1. The van der Waals surface area contributed by atoms with Crippen LogP contribution in [-0.4, -0.2) is 27.2 Å². The first-order valence-corrected chi connectivity index (χ1v) is 5.97. The number of pyridine rings is 1. The first-order chi connectivity index (χ1) is 9.00. The van der Waals surface area contributed by atoms with E-state index in [0.717, 1.165) is 0 Å². The number of nitrogens with one attached hydrogen (secondary N) is 1. The summed E-state index contributed by atoms with van der Waals surface area (Å²) < 4.78 is 0. The molecule has 0 aliphatic carbocycles. The SMILES string of the molecule is CC(O)C(C)Nc1c([N+](=O)[O-])cnc2ccccc12. The number of aliphatic hydroxyl groups excluding tert-OH is 1. The summed E-state index contributed by atoms with van der Waals surface area (Å²) >= 11 is 0. The molecule has 1 aromatic heterocycles. The van der Waals surface area contributed by atoms with Crippen molar-refractivity contribution in [3.63, 3.8) is 0 Å². The number of nitrogens with zero attached hydrogens (tertiary/aromatic N) is 2. The Hall–Kier alpha value is -2.21. The molecule has 0 saturated heterocycles. The van der Waals surface area contributed by atoms with E-state index < -0.39 is 11.0 Å². The highest BCUT2D eigenvalue weighted by atomic mass is 16.6. The summed E-state index contributed by atoms with van der Waals surface area (Å²) in [4.78, 5) is 14.7. The molecule has 19 heavy (non-hydrogen) atoms. The highest BCUT2D eigenvalue weighted by Gasteiger charge is 2.20. The van der Waals surface area contributed by atoms with Crippen LogP contribution in [0.2, 0.25) is 0 Å². The van der Waals surface area contributed by atoms with Gasteiger partial charge in [0.2, 0.25) is 0 Å². The van der Waals surface area contributed by atoms with E-state index in [1.54, 1.807) is 32.0 Å². The monoisotopic (exact) mass is 261 g/mol. The molecule has 0 bridgehead atoms. The van der Waals surface area contributed by atoms with E-state index in [1.165, 1.54) is 6.20 Å². The number of para-hydroxylation sites is 1. The Labute approximate surface area is 110 Å². The molecule has 2 atom stereocenters. The summed E-state index contributed by atoms with van der Waals surface area (Å²) in [6, 6.07) is 6.88. The Morgan fingerprint density at radius 2 is 2.05 bits per heavy atom. The number of fused-ring (bicyclic) bond motifs is 1. The van der Waals surface area contributed by atoms with Gasteiger partial charge < -0.3 is 10.4 Å². The van der Waals surface area contributed by atoms with Crippen molar-refractivity contribution >= 4 is 22.3 Å². The van der Waals surface area contributed by atoms with Gasteiger partial charge in [0.15, 0.2) is 0 Å². The maximum atomic E-state index is 11.1. The molecule has 0 aliphatic rings. The maximum absolute atomic E-state index is 11.1. The Bertz CT molecular complexity index is 613. The summed E-state index contributed by atoms with van der Waals surface area (Å²) in [7, 11) is 0. The van der Waals surface area contributed by atoms with Gasteiger partial charge in [-0.25, -0.2) is 4.98 Å². The van der Waals surface area contributed by atoms with E-state index >= 15 is 0 Å². The highest BCUT2D eigenvalue weighted by molar-refractivity contribution is 5.95. The van der Waals surface area contributed by atoms with Gasteiger partial charge in [-0.05, 0) is 19.9 Å². The van der Waals surface area contributed by atoms with Crippen molar-refractivity contribution < 1.29 is 10.0 Å². The second-order valence-electron chi connectivity index (χ2n) is 4.47. The lowest BCUT2D eigenvalue weighted by atomic mass is 10.1. The van der Waals surface area contributed by atoms with Crippen LogP contribution in [0.15, 0.2) is 30.5 Å². The van der Waals surface area contributed by atoms with Gasteiger partial charge in [0, 0.05) is 11.4 Å². The van der Waals surface area contributed by atoms with Crippen LogP contribution in [0.25, 0.3) is 10.9 Å². The molecule has 0 amide bonds. The lowest BCUT2D eigenvalue weighted by molar-refractivity contribution is -0.384. The van der Waals surface area contributed by atoms with E-state index in [2.05, 4.69) is 10.3 Å². The standard InChI is InChI=1S/C13H15N3O3/c1-8(9(2)17)15-13-10-5-3-4-6-11(10)14-7-12(13)16(18)19/h3-9,17H,1-2H3,(H,14,15). The number of benzene rings is 1. The molecule has 6 nitrogen and oxygen atoms in total. The molecule has 2 unspecified atom stereocenters. The van der Waals surface area contributed by atoms with Crippen molar-refractivity contribution in [2.45, 2.75) is 26.0 Å². The molecule has 2 rings (SSSR count). The molecule has 0 saturated carbocycles. The van der Waals surface area contributed by atoms with Gasteiger partial charge in [0.1, 0.15) is 11.9 Å².